The van der Waals surface area contributed by atoms with Crippen LogP contribution in [0, 0.1) is 0 Å². The van der Waals surface area contributed by atoms with Crippen molar-refractivity contribution in [2.45, 2.75) is 19.6 Å². The molecule has 0 aromatic rings. The summed E-state index contributed by atoms with van der Waals surface area (Å²) >= 11 is 1.48. The topological polar surface area (TPSA) is 0 Å². The van der Waals surface area contributed by atoms with Crippen LogP contribution in [0.3, 0.4) is 0 Å². The Balaban J connectivity index is 0. The normalized spacial score (nSPS) is 11.6. The summed E-state index contributed by atoms with van der Waals surface area (Å²) in [5.41, 5.74) is 2.41. The average Bonchev–Trinajstić information content (AvgIpc) is 1.63. The Bertz CT molecular complexity index is 96.3. The molecule has 10 heavy (non-hydrogen) atoms. The van der Waals surface area contributed by atoms with Crippen LogP contribution in [0.4, 0.5) is 0 Å². The van der Waals surface area contributed by atoms with Crippen LogP contribution in [0.25, 0.3) is 0 Å². The highest BCUT2D eigenvalue weighted by atomic mass is 79.9. The number of rotatable bonds is 3. The van der Waals surface area contributed by atoms with Crippen LogP contribution in [0.1, 0.15) is 0 Å². The van der Waals surface area contributed by atoms with Gasteiger partial charge in [0.25, 0.3) is 0 Å². The standard InChI is InChI=1S/C7H16SSi.BrH/c1-8-6-5-7-9(2,3)4;/h5,7H,6H2,1-4H3;1H/b7-5+;. The summed E-state index contributed by atoms with van der Waals surface area (Å²) < 4.78 is 0. The van der Waals surface area contributed by atoms with Crippen molar-refractivity contribution in [3.63, 3.8) is 0 Å². The number of thiol groups is 1. The van der Waals surface area contributed by atoms with Crippen LogP contribution >= 0.6 is 0 Å². The van der Waals surface area contributed by atoms with Crippen LogP contribution in [-0.4, -0.2) is 20.1 Å². The van der Waals surface area contributed by atoms with E-state index in [0.29, 0.717) is 0 Å². The molecule has 0 amide bonds. The molecule has 0 heterocycles. The highest BCUT2D eigenvalue weighted by Gasteiger charge is 2.05. The summed E-state index contributed by atoms with van der Waals surface area (Å²) in [6.45, 7) is 7.07. The molecule has 0 atom stereocenters. The average molecular weight is 241 g/mol. The second-order valence-corrected chi connectivity index (χ2v) is 9.33. The first-order chi connectivity index (χ1) is 4.06. The zero-order valence-electron chi connectivity index (χ0n) is 7.19. The fraction of sp³-hybridized carbons (Fsp3) is 0.714. The SMILES string of the molecule is C[SH+]C/C=C/[Si](C)(C)C.[Br-]. The van der Waals surface area contributed by atoms with E-state index in [1.165, 1.54) is 17.5 Å². The molecule has 0 bridgehead atoms. The highest BCUT2D eigenvalue weighted by Crippen LogP contribution is 2.00. The lowest BCUT2D eigenvalue weighted by Gasteiger charge is -2.06. The van der Waals surface area contributed by atoms with E-state index in [1.54, 1.807) is 0 Å². The van der Waals surface area contributed by atoms with E-state index in [9.17, 15) is 0 Å². The molecular formula is C7H17BrSSi. The lowest BCUT2D eigenvalue weighted by molar-refractivity contribution is -0.00000223. The molecule has 0 aromatic carbocycles. The van der Waals surface area contributed by atoms with E-state index >= 15 is 0 Å². The van der Waals surface area contributed by atoms with E-state index < -0.39 is 8.07 Å². The van der Waals surface area contributed by atoms with Gasteiger partial charge in [-0.1, -0.05) is 25.3 Å². The van der Waals surface area contributed by atoms with Crippen molar-refractivity contribution in [1.82, 2.24) is 0 Å². The predicted molar refractivity (Wildman–Crippen MR) is 52.0 cm³/mol. The molecular weight excluding hydrogens is 224 g/mol. The smallest absolute Gasteiger partial charge is 0.123 e. The molecule has 0 fully saturated rings. The van der Waals surface area contributed by atoms with Gasteiger partial charge in [-0.25, -0.2) is 0 Å². The molecule has 0 unspecified atom stereocenters. The van der Waals surface area contributed by atoms with Crippen molar-refractivity contribution in [2.24, 2.45) is 0 Å². The van der Waals surface area contributed by atoms with Gasteiger partial charge in [0.2, 0.25) is 0 Å². The van der Waals surface area contributed by atoms with Crippen molar-refractivity contribution in [1.29, 1.82) is 0 Å². The molecule has 0 aliphatic carbocycles. The number of halogens is 1. The Hall–Kier alpha value is 0.787. The maximum Gasteiger partial charge on any atom is 0.123 e. The lowest BCUT2D eigenvalue weighted by Crippen LogP contribution is -3.00. The summed E-state index contributed by atoms with van der Waals surface area (Å²) in [6, 6.07) is 0. The second kappa shape index (κ2) is 6.49. The molecule has 0 aromatic heterocycles. The molecule has 0 nitrogen and oxygen atoms in total. The van der Waals surface area contributed by atoms with Gasteiger partial charge in [0.15, 0.2) is 0 Å². The van der Waals surface area contributed by atoms with Gasteiger partial charge in [-0.15, -0.1) is 0 Å². The molecule has 0 radical (unpaired) electrons. The highest BCUT2D eigenvalue weighted by molar-refractivity contribution is 7.77. The van der Waals surface area contributed by atoms with Crippen molar-refractivity contribution in [3.05, 3.63) is 11.8 Å². The third kappa shape index (κ3) is 11.6. The molecule has 0 N–H and O–H groups in total. The molecule has 0 saturated heterocycles. The maximum absolute atomic E-state index is 2.41. The van der Waals surface area contributed by atoms with Crippen molar-refractivity contribution >= 4 is 19.8 Å². The van der Waals surface area contributed by atoms with E-state index in [2.05, 4.69) is 37.7 Å². The van der Waals surface area contributed by atoms with Gasteiger partial charge in [0.1, 0.15) is 5.75 Å². The summed E-state index contributed by atoms with van der Waals surface area (Å²) in [5.74, 6) is 1.23. The lowest BCUT2D eigenvalue weighted by atomic mass is 10.8. The number of hydrogen-bond acceptors (Lipinski definition) is 0. The number of hydrogen-bond donors (Lipinski definition) is 0. The quantitative estimate of drug-likeness (QED) is 0.333. The maximum atomic E-state index is 2.41. The van der Waals surface area contributed by atoms with Crippen LogP contribution in [-0.2, 0) is 11.8 Å². The minimum absolute atomic E-state index is 0. The van der Waals surface area contributed by atoms with Crippen LogP contribution in [0.2, 0.25) is 19.6 Å². The first-order valence-electron chi connectivity index (χ1n) is 3.29. The molecule has 0 spiro atoms. The van der Waals surface area contributed by atoms with Crippen LogP contribution in [0.15, 0.2) is 11.8 Å². The molecule has 0 aliphatic rings. The zero-order valence-corrected chi connectivity index (χ0v) is 10.7. The Morgan fingerprint density at radius 1 is 1.30 bits per heavy atom. The van der Waals surface area contributed by atoms with E-state index in [1.807, 2.05) is 0 Å². The second-order valence-electron chi connectivity index (χ2n) is 3.27. The van der Waals surface area contributed by atoms with Gasteiger partial charge in [-0.3, -0.25) is 0 Å². The van der Waals surface area contributed by atoms with Crippen molar-refractivity contribution in [2.75, 3.05) is 12.0 Å². The third-order valence-electron chi connectivity index (χ3n) is 0.906. The minimum atomic E-state index is -0.879. The molecule has 62 valence electrons. The largest absolute Gasteiger partial charge is 1.00 e. The zero-order chi connectivity index (χ0) is 7.33. The molecule has 0 aliphatic heterocycles. The van der Waals surface area contributed by atoms with Crippen molar-refractivity contribution in [3.8, 4) is 0 Å². The Morgan fingerprint density at radius 3 is 2.10 bits per heavy atom. The minimum Gasteiger partial charge on any atom is -1.00 e. The van der Waals surface area contributed by atoms with Crippen LogP contribution in [0.5, 0.6) is 0 Å². The summed E-state index contributed by atoms with van der Waals surface area (Å²) in [7, 11) is -0.879. The first-order valence-corrected chi connectivity index (χ1v) is 8.40. The molecule has 3 heteroatoms. The summed E-state index contributed by atoms with van der Waals surface area (Å²) in [5, 5.41) is 0. The van der Waals surface area contributed by atoms with Gasteiger partial charge < -0.3 is 17.0 Å². The van der Waals surface area contributed by atoms with Gasteiger partial charge in [0, 0.05) is 0 Å². The molecule has 0 rings (SSSR count). The molecule has 0 saturated carbocycles. The first kappa shape index (κ1) is 13.4. The Morgan fingerprint density at radius 2 is 1.80 bits per heavy atom. The van der Waals surface area contributed by atoms with Gasteiger partial charge in [-0.2, -0.15) is 0 Å². The van der Waals surface area contributed by atoms with Gasteiger partial charge >= 0.3 is 0 Å². The van der Waals surface area contributed by atoms with E-state index in [-0.39, 0.29) is 17.0 Å². The predicted octanol–water partition coefficient (Wildman–Crippen LogP) is -1.13. The van der Waals surface area contributed by atoms with E-state index in [0.717, 1.165) is 0 Å². The fourth-order valence-electron chi connectivity index (χ4n) is 0.512. The Labute approximate surface area is 80.3 Å². The van der Waals surface area contributed by atoms with Crippen LogP contribution < -0.4 is 17.0 Å². The van der Waals surface area contributed by atoms with E-state index in [4.69, 9.17) is 0 Å². The third-order valence-corrected chi connectivity index (χ3v) is 2.72. The Kier molecular flexibility index (Phi) is 8.69. The van der Waals surface area contributed by atoms with Gasteiger partial charge in [-0.05, 0) is 17.8 Å². The summed E-state index contributed by atoms with van der Waals surface area (Å²) in [6.07, 6.45) is 4.50. The van der Waals surface area contributed by atoms with Gasteiger partial charge in [0.05, 0.1) is 14.3 Å². The van der Waals surface area contributed by atoms with Crippen molar-refractivity contribution < 1.29 is 17.0 Å². The monoisotopic (exact) mass is 240 g/mol. The fourth-order valence-corrected chi connectivity index (χ4v) is 1.85. The summed E-state index contributed by atoms with van der Waals surface area (Å²) in [4.78, 5) is 0.